The SMILES string of the molecule is NC(=S)NN=Cc1cc(F)c(N2CCN(C3CCCCC3)CC2)cc1F. The summed E-state index contributed by atoms with van der Waals surface area (Å²) in [6, 6.07) is 3.06. The molecule has 2 fully saturated rings. The van der Waals surface area contributed by atoms with E-state index >= 15 is 0 Å². The molecular formula is C18H25F2N5S. The van der Waals surface area contributed by atoms with Crippen LogP contribution < -0.4 is 16.1 Å². The summed E-state index contributed by atoms with van der Waals surface area (Å²) in [6.07, 6.45) is 7.63. The quantitative estimate of drug-likeness (QED) is 0.477. The Hall–Kier alpha value is -1.80. The summed E-state index contributed by atoms with van der Waals surface area (Å²) in [4.78, 5) is 4.43. The molecule has 3 rings (SSSR count). The third-order valence-electron chi connectivity index (χ3n) is 5.19. The van der Waals surface area contributed by atoms with Crippen molar-refractivity contribution in [1.29, 1.82) is 0 Å². The first-order valence-electron chi connectivity index (χ1n) is 9.11. The molecule has 0 aromatic heterocycles. The lowest BCUT2D eigenvalue weighted by atomic mass is 9.94. The van der Waals surface area contributed by atoms with Gasteiger partial charge >= 0.3 is 0 Å². The minimum absolute atomic E-state index is 0.0328. The minimum Gasteiger partial charge on any atom is -0.375 e. The van der Waals surface area contributed by atoms with Crippen LogP contribution in [0.1, 0.15) is 37.7 Å². The van der Waals surface area contributed by atoms with Crippen molar-refractivity contribution in [3.05, 3.63) is 29.3 Å². The van der Waals surface area contributed by atoms with Gasteiger partial charge in [0, 0.05) is 43.9 Å². The monoisotopic (exact) mass is 381 g/mol. The molecule has 5 nitrogen and oxygen atoms in total. The van der Waals surface area contributed by atoms with E-state index < -0.39 is 11.6 Å². The predicted molar refractivity (Wildman–Crippen MR) is 105 cm³/mol. The van der Waals surface area contributed by atoms with E-state index in [2.05, 4.69) is 27.6 Å². The molecule has 1 saturated carbocycles. The number of nitrogens with zero attached hydrogens (tertiary/aromatic N) is 3. The van der Waals surface area contributed by atoms with E-state index in [4.69, 9.17) is 5.73 Å². The van der Waals surface area contributed by atoms with Crippen LogP contribution in [0, 0.1) is 11.6 Å². The number of nitrogens with one attached hydrogen (secondary N) is 1. The standard InChI is InChI=1S/C18H25F2N5S/c19-15-11-17(16(20)10-13(15)12-22-23-18(21)26)25-8-6-24(7-9-25)14-4-2-1-3-5-14/h10-12,14H,1-9H2,(H3,21,23,26). The lowest BCUT2D eigenvalue weighted by Gasteiger charge is -2.41. The van der Waals surface area contributed by atoms with Crippen molar-refractivity contribution in [2.24, 2.45) is 10.8 Å². The highest BCUT2D eigenvalue weighted by molar-refractivity contribution is 7.80. The van der Waals surface area contributed by atoms with Gasteiger partial charge in [0.15, 0.2) is 5.11 Å². The predicted octanol–water partition coefficient (Wildman–Crippen LogP) is 2.59. The molecule has 1 saturated heterocycles. The molecule has 3 N–H and O–H groups in total. The van der Waals surface area contributed by atoms with Gasteiger partial charge in [0.2, 0.25) is 0 Å². The van der Waals surface area contributed by atoms with E-state index in [0.717, 1.165) is 19.2 Å². The fourth-order valence-electron chi connectivity index (χ4n) is 3.83. The van der Waals surface area contributed by atoms with Crippen molar-refractivity contribution in [2.45, 2.75) is 38.1 Å². The molecule has 2 aliphatic rings. The van der Waals surface area contributed by atoms with Crippen LogP contribution in [0.15, 0.2) is 17.2 Å². The van der Waals surface area contributed by atoms with Gasteiger partial charge in [-0.3, -0.25) is 10.3 Å². The molecule has 0 radical (unpaired) electrons. The average molecular weight is 381 g/mol. The Balaban J connectivity index is 1.63. The Bertz CT molecular complexity index is 668. The first-order chi connectivity index (χ1) is 12.5. The van der Waals surface area contributed by atoms with E-state index in [-0.39, 0.29) is 10.7 Å². The number of rotatable bonds is 4. The number of benzene rings is 1. The summed E-state index contributed by atoms with van der Waals surface area (Å²) in [5.41, 5.74) is 7.93. The zero-order valence-electron chi connectivity index (χ0n) is 14.8. The second-order valence-electron chi connectivity index (χ2n) is 6.87. The first-order valence-corrected chi connectivity index (χ1v) is 9.52. The first kappa shape index (κ1) is 19.0. The number of nitrogens with two attached hydrogens (primary N) is 1. The largest absolute Gasteiger partial charge is 0.375 e. The van der Waals surface area contributed by atoms with Crippen LogP contribution in [0.2, 0.25) is 0 Å². The van der Waals surface area contributed by atoms with Gasteiger partial charge in [0.25, 0.3) is 0 Å². The number of thiocarbonyl (C=S) groups is 1. The molecule has 1 aromatic carbocycles. The summed E-state index contributed by atoms with van der Waals surface area (Å²) in [7, 11) is 0. The maximum Gasteiger partial charge on any atom is 0.184 e. The summed E-state index contributed by atoms with van der Waals surface area (Å²) in [5, 5.41) is 3.65. The number of hydrazone groups is 1. The van der Waals surface area contributed by atoms with Crippen molar-refractivity contribution >= 4 is 29.2 Å². The molecule has 1 aromatic rings. The van der Waals surface area contributed by atoms with Gasteiger partial charge in [0.1, 0.15) is 11.6 Å². The third-order valence-corrected chi connectivity index (χ3v) is 5.28. The Morgan fingerprint density at radius 2 is 1.81 bits per heavy atom. The van der Waals surface area contributed by atoms with Crippen LogP contribution in [0.4, 0.5) is 14.5 Å². The topological polar surface area (TPSA) is 56.9 Å². The third kappa shape index (κ3) is 4.67. The van der Waals surface area contributed by atoms with E-state index in [1.807, 2.05) is 4.90 Å². The summed E-state index contributed by atoms with van der Waals surface area (Å²) >= 11 is 4.61. The average Bonchev–Trinajstić information content (AvgIpc) is 2.65. The van der Waals surface area contributed by atoms with E-state index in [1.54, 1.807) is 0 Å². The fraction of sp³-hybridized carbons (Fsp3) is 0.556. The summed E-state index contributed by atoms with van der Waals surface area (Å²) in [5.74, 6) is -0.973. The van der Waals surface area contributed by atoms with Gasteiger partial charge in [-0.05, 0) is 31.1 Å². The highest BCUT2D eigenvalue weighted by atomic mass is 32.1. The van der Waals surface area contributed by atoms with Crippen molar-refractivity contribution in [2.75, 3.05) is 31.1 Å². The van der Waals surface area contributed by atoms with Crippen molar-refractivity contribution < 1.29 is 8.78 Å². The number of anilines is 1. The van der Waals surface area contributed by atoms with Gasteiger partial charge in [-0.1, -0.05) is 19.3 Å². The van der Waals surface area contributed by atoms with Crippen LogP contribution in [0.25, 0.3) is 0 Å². The summed E-state index contributed by atoms with van der Waals surface area (Å²) in [6.45, 7) is 3.21. The van der Waals surface area contributed by atoms with Crippen molar-refractivity contribution in [1.82, 2.24) is 10.3 Å². The maximum absolute atomic E-state index is 14.5. The van der Waals surface area contributed by atoms with E-state index in [9.17, 15) is 8.78 Å². The molecule has 1 heterocycles. The van der Waals surface area contributed by atoms with Crippen molar-refractivity contribution in [3.8, 4) is 0 Å². The molecule has 8 heteroatoms. The Labute approximate surface area is 158 Å². The zero-order chi connectivity index (χ0) is 18.5. The van der Waals surface area contributed by atoms with Gasteiger partial charge in [0.05, 0.1) is 11.9 Å². The fourth-order valence-corrected chi connectivity index (χ4v) is 3.89. The number of hydrogen-bond acceptors (Lipinski definition) is 4. The molecule has 0 amide bonds. The van der Waals surface area contributed by atoms with Gasteiger partial charge < -0.3 is 10.6 Å². The second-order valence-corrected chi connectivity index (χ2v) is 7.31. The number of piperazine rings is 1. The molecule has 0 bridgehead atoms. The molecule has 0 unspecified atom stereocenters. The normalized spacial score (nSPS) is 19.8. The smallest absolute Gasteiger partial charge is 0.184 e. The van der Waals surface area contributed by atoms with Crippen molar-refractivity contribution in [3.63, 3.8) is 0 Å². The second kappa shape index (κ2) is 8.73. The summed E-state index contributed by atoms with van der Waals surface area (Å²) < 4.78 is 28.8. The molecular weight excluding hydrogens is 356 g/mol. The lowest BCUT2D eigenvalue weighted by molar-refractivity contribution is 0.147. The zero-order valence-corrected chi connectivity index (χ0v) is 15.6. The van der Waals surface area contributed by atoms with Gasteiger partial charge in [-0.15, -0.1) is 0 Å². The van der Waals surface area contributed by atoms with Crippen LogP contribution >= 0.6 is 12.2 Å². The molecule has 0 atom stereocenters. The Morgan fingerprint density at radius 3 is 2.46 bits per heavy atom. The Morgan fingerprint density at radius 1 is 1.12 bits per heavy atom. The molecule has 0 spiro atoms. The number of halogens is 2. The maximum atomic E-state index is 14.5. The van der Waals surface area contributed by atoms with E-state index in [1.165, 1.54) is 44.4 Å². The molecule has 1 aliphatic carbocycles. The molecule has 142 valence electrons. The van der Waals surface area contributed by atoms with Crippen LogP contribution in [-0.2, 0) is 0 Å². The van der Waals surface area contributed by atoms with Gasteiger partial charge in [-0.25, -0.2) is 8.78 Å². The molecule has 1 aliphatic heterocycles. The highest BCUT2D eigenvalue weighted by Gasteiger charge is 2.26. The lowest BCUT2D eigenvalue weighted by Crippen LogP contribution is -2.51. The van der Waals surface area contributed by atoms with Crippen LogP contribution in [0.5, 0.6) is 0 Å². The van der Waals surface area contributed by atoms with Crippen LogP contribution in [0.3, 0.4) is 0 Å². The Kier molecular flexibility index (Phi) is 6.37. The molecule has 26 heavy (non-hydrogen) atoms. The van der Waals surface area contributed by atoms with E-state index in [0.29, 0.717) is 24.8 Å². The number of hydrogen-bond donors (Lipinski definition) is 2. The van der Waals surface area contributed by atoms with Gasteiger partial charge in [-0.2, -0.15) is 5.10 Å². The highest BCUT2D eigenvalue weighted by Crippen LogP contribution is 2.27. The minimum atomic E-state index is -0.524. The van der Waals surface area contributed by atoms with Crippen LogP contribution in [-0.4, -0.2) is 48.4 Å².